The molecule has 0 radical (unpaired) electrons. The van der Waals surface area contributed by atoms with Crippen molar-refractivity contribution in [2.24, 2.45) is 10.7 Å². The molecule has 1 unspecified atom stereocenters. The minimum Gasteiger partial charge on any atom is -0.370 e. The summed E-state index contributed by atoms with van der Waals surface area (Å²) < 4.78 is 13.2. The zero-order chi connectivity index (χ0) is 18.4. The average Bonchev–Trinajstić information content (AvgIpc) is 3.08. The van der Waals surface area contributed by atoms with Gasteiger partial charge in [-0.2, -0.15) is 0 Å². The lowest BCUT2D eigenvalue weighted by Crippen LogP contribution is -2.27. The summed E-state index contributed by atoms with van der Waals surface area (Å²) in [6.07, 6.45) is 9.14. The molecule has 0 saturated carbocycles. The Hall–Kier alpha value is -2.75. The molecule has 1 atom stereocenters. The van der Waals surface area contributed by atoms with Crippen molar-refractivity contribution in [1.82, 2.24) is 0 Å². The lowest BCUT2D eigenvalue weighted by atomic mass is 9.87. The second-order valence-corrected chi connectivity index (χ2v) is 6.83. The van der Waals surface area contributed by atoms with Crippen LogP contribution in [0, 0.1) is 5.82 Å². The third-order valence-corrected chi connectivity index (χ3v) is 4.75. The van der Waals surface area contributed by atoms with Gasteiger partial charge in [-0.15, -0.1) is 0 Å². The molecule has 26 heavy (non-hydrogen) atoms. The Labute approximate surface area is 153 Å². The molecule has 1 amide bonds. The van der Waals surface area contributed by atoms with Crippen molar-refractivity contribution in [2.75, 3.05) is 0 Å². The molecule has 4 heteroatoms. The molecule has 0 aliphatic carbocycles. The van der Waals surface area contributed by atoms with Crippen LogP contribution in [0.2, 0.25) is 0 Å². The summed E-state index contributed by atoms with van der Waals surface area (Å²) in [7, 11) is 0. The Kier molecular flexibility index (Phi) is 5.61. The minimum atomic E-state index is -0.363. The van der Waals surface area contributed by atoms with E-state index in [2.05, 4.69) is 29.3 Å². The number of carbonyl (C=O) groups excluding carboxylic acids is 1. The Morgan fingerprint density at radius 2 is 1.77 bits per heavy atom. The monoisotopic (exact) mass is 350 g/mol. The molecule has 1 heterocycles. The second kappa shape index (κ2) is 8.09. The fraction of sp³-hybridized carbons (Fsp3) is 0.273. The number of hydrogen-bond acceptors (Lipinski definition) is 2. The van der Waals surface area contributed by atoms with Crippen LogP contribution in [0.25, 0.3) is 0 Å². The summed E-state index contributed by atoms with van der Waals surface area (Å²) >= 11 is 0. The summed E-state index contributed by atoms with van der Waals surface area (Å²) in [5.74, 6) is -0.489. The number of benzene rings is 2. The highest BCUT2D eigenvalue weighted by Gasteiger charge is 2.28. The molecule has 1 aliphatic heterocycles. The molecule has 0 bridgehead atoms. The second-order valence-electron chi connectivity index (χ2n) is 6.83. The SMILES string of the molecule is NC(=O)CCC1(Cc2ccc(CCc3cccc(F)c3)cc2)C=CC=N1. The maximum Gasteiger partial charge on any atom is 0.217 e. The number of aryl methyl sites for hydroxylation is 2. The standard InChI is InChI=1S/C22H23FN2O/c23-20-4-1-3-18(15-20)8-5-17-6-9-19(10-7-17)16-22(12-2-14-25-22)13-11-21(24)26/h1-4,6-7,9-10,12,14-15H,5,8,11,13,16H2,(H2,24,26). The molecule has 2 aromatic carbocycles. The van der Waals surface area contributed by atoms with E-state index in [-0.39, 0.29) is 17.3 Å². The zero-order valence-corrected chi connectivity index (χ0v) is 14.7. The minimum absolute atomic E-state index is 0.190. The predicted octanol–water partition coefficient (Wildman–Crippen LogP) is 3.80. The number of hydrogen-bond donors (Lipinski definition) is 1. The average molecular weight is 350 g/mol. The Morgan fingerprint density at radius 1 is 1.04 bits per heavy atom. The van der Waals surface area contributed by atoms with Crippen molar-refractivity contribution in [3.05, 3.63) is 83.2 Å². The van der Waals surface area contributed by atoms with Crippen LogP contribution in [0.1, 0.15) is 29.5 Å². The van der Waals surface area contributed by atoms with Crippen LogP contribution in [0.4, 0.5) is 4.39 Å². The van der Waals surface area contributed by atoms with Crippen molar-refractivity contribution >= 4 is 12.1 Å². The number of amides is 1. The van der Waals surface area contributed by atoms with E-state index >= 15 is 0 Å². The van der Waals surface area contributed by atoms with Crippen LogP contribution in [0.5, 0.6) is 0 Å². The first kappa shape index (κ1) is 18.1. The Balaban J connectivity index is 1.61. The lowest BCUT2D eigenvalue weighted by molar-refractivity contribution is -0.118. The van der Waals surface area contributed by atoms with Crippen LogP contribution in [0.15, 0.2) is 65.7 Å². The number of halogens is 1. The number of rotatable bonds is 8. The molecular formula is C22H23FN2O. The topological polar surface area (TPSA) is 55.5 Å². The molecule has 0 fully saturated rings. The number of allylic oxidation sites excluding steroid dienone is 1. The molecule has 3 rings (SSSR count). The van der Waals surface area contributed by atoms with Crippen LogP contribution in [-0.2, 0) is 24.1 Å². The fourth-order valence-corrected chi connectivity index (χ4v) is 3.30. The first-order chi connectivity index (χ1) is 12.5. The van der Waals surface area contributed by atoms with E-state index < -0.39 is 0 Å². The quantitative estimate of drug-likeness (QED) is 0.773. The van der Waals surface area contributed by atoms with Gasteiger partial charge in [0.05, 0.1) is 5.54 Å². The van der Waals surface area contributed by atoms with Crippen molar-refractivity contribution in [3.8, 4) is 0 Å². The number of nitrogens with two attached hydrogens (primary N) is 1. The van der Waals surface area contributed by atoms with E-state index in [1.807, 2.05) is 18.2 Å². The maximum absolute atomic E-state index is 13.2. The first-order valence-electron chi connectivity index (χ1n) is 8.88. The molecule has 2 aromatic rings. The van der Waals surface area contributed by atoms with Crippen LogP contribution in [-0.4, -0.2) is 17.7 Å². The fourth-order valence-electron chi connectivity index (χ4n) is 3.30. The van der Waals surface area contributed by atoms with Gasteiger partial charge in [-0.1, -0.05) is 42.5 Å². The summed E-state index contributed by atoms with van der Waals surface area (Å²) in [4.78, 5) is 15.7. The van der Waals surface area contributed by atoms with E-state index in [9.17, 15) is 9.18 Å². The van der Waals surface area contributed by atoms with E-state index in [0.29, 0.717) is 12.8 Å². The highest BCUT2D eigenvalue weighted by molar-refractivity contribution is 5.76. The van der Waals surface area contributed by atoms with E-state index in [0.717, 1.165) is 24.8 Å². The van der Waals surface area contributed by atoms with Gasteiger partial charge in [0.25, 0.3) is 0 Å². The van der Waals surface area contributed by atoms with E-state index in [1.54, 1.807) is 18.3 Å². The van der Waals surface area contributed by atoms with Crippen LogP contribution < -0.4 is 5.73 Å². The van der Waals surface area contributed by atoms with Gasteiger partial charge < -0.3 is 5.73 Å². The molecule has 1 aliphatic rings. The van der Waals surface area contributed by atoms with Gasteiger partial charge in [0.1, 0.15) is 5.82 Å². The molecule has 2 N–H and O–H groups in total. The van der Waals surface area contributed by atoms with E-state index in [4.69, 9.17) is 5.73 Å². The van der Waals surface area contributed by atoms with Gasteiger partial charge >= 0.3 is 0 Å². The highest BCUT2D eigenvalue weighted by atomic mass is 19.1. The van der Waals surface area contributed by atoms with Gasteiger partial charge in [-0.25, -0.2) is 4.39 Å². The van der Waals surface area contributed by atoms with Crippen molar-refractivity contribution < 1.29 is 9.18 Å². The van der Waals surface area contributed by atoms with Crippen LogP contribution >= 0.6 is 0 Å². The number of primary amides is 1. The maximum atomic E-state index is 13.2. The largest absolute Gasteiger partial charge is 0.370 e. The molecule has 3 nitrogen and oxygen atoms in total. The molecule has 134 valence electrons. The van der Waals surface area contributed by atoms with E-state index in [1.165, 1.54) is 17.2 Å². The van der Waals surface area contributed by atoms with Gasteiger partial charge in [-0.05, 0) is 54.2 Å². The summed E-state index contributed by atoms with van der Waals surface area (Å²) in [6.45, 7) is 0. The Bertz CT molecular complexity index is 812. The summed E-state index contributed by atoms with van der Waals surface area (Å²) in [5, 5.41) is 0. The first-order valence-corrected chi connectivity index (χ1v) is 8.88. The van der Waals surface area contributed by atoms with Crippen LogP contribution in [0.3, 0.4) is 0 Å². The molecule has 0 spiro atoms. The van der Waals surface area contributed by atoms with Gasteiger partial charge in [0.15, 0.2) is 0 Å². The van der Waals surface area contributed by atoms with Gasteiger partial charge in [0.2, 0.25) is 5.91 Å². The number of nitrogens with zero attached hydrogens (tertiary/aromatic N) is 1. The lowest BCUT2D eigenvalue weighted by Gasteiger charge is -2.24. The highest BCUT2D eigenvalue weighted by Crippen LogP contribution is 2.28. The Morgan fingerprint density at radius 3 is 2.42 bits per heavy atom. The normalized spacial score (nSPS) is 18.3. The zero-order valence-electron chi connectivity index (χ0n) is 14.7. The van der Waals surface area contributed by atoms with Gasteiger partial charge in [0, 0.05) is 19.1 Å². The summed E-state index contributed by atoms with van der Waals surface area (Å²) in [6, 6.07) is 15.2. The third-order valence-electron chi connectivity index (χ3n) is 4.75. The number of aliphatic imine (C=N–C) groups is 1. The smallest absolute Gasteiger partial charge is 0.217 e. The predicted molar refractivity (Wildman–Crippen MR) is 103 cm³/mol. The van der Waals surface area contributed by atoms with Crippen molar-refractivity contribution in [2.45, 2.75) is 37.6 Å². The number of carbonyl (C=O) groups is 1. The molecule has 0 aromatic heterocycles. The third kappa shape index (κ3) is 4.88. The summed E-state index contributed by atoms with van der Waals surface area (Å²) in [5.41, 5.74) is 8.33. The van der Waals surface area contributed by atoms with Gasteiger partial charge in [-0.3, -0.25) is 9.79 Å². The molecule has 0 saturated heterocycles. The molecular weight excluding hydrogens is 327 g/mol. The van der Waals surface area contributed by atoms with Crippen molar-refractivity contribution in [3.63, 3.8) is 0 Å². The van der Waals surface area contributed by atoms with Crippen molar-refractivity contribution in [1.29, 1.82) is 0 Å².